The molecule has 1 rings (SSSR count). The molecule has 0 bridgehead atoms. The van der Waals surface area contributed by atoms with Crippen molar-refractivity contribution in [2.75, 3.05) is 19.8 Å². The van der Waals surface area contributed by atoms with E-state index in [4.69, 9.17) is 4.74 Å². The SMILES string of the molecule is CC(C)CCOCCC(=O)CCCN1C(=O)CC(C(C)C)C1=O. The van der Waals surface area contributed by atoms with Gasteiger partial charge >= 0.3 is 0 Å². The Hall–Kier alpha value is -1.23. The van der Waals surface area contributed by atoms with E-state index in [0.29, 0.717) is 51.4 Å². The Bertz CT molecular complexity index is 417. The van der Waals surface area contributed by atoms with Gasteiger partial charge in [-0.1, -0.05) is 27.7 Å². The van der Waals surface area contributed by atoms with Crippen molar-refractivity contribution in [3.63, 3.8) is 0 Å². The van der Waals surface area contributed by atoms with Crippen LogP contribution in [-0.4, -0.2) is 42.3 Å². The summed E-state index contributed by atoms with van der Waals surface area (Å²) in [5.74, 6) is 0.561. The van der Waals surface area contributed by atoms with Crippen LogP contribution in [0, 0.1) is 17.8 Å². The summed E-state index contributed by atoms with van der Waals surface area (Å²) in [7, 11) is 0. The first kappa shape index (κ1) is 19.8. The maximum atomic E-state index is 12.1. The van der Waals surface area contributed by atoms with Gasteiger partial charge in [-0.2, -0.15) is 0 Å². The zero-order valence-electron chi connectivity index (χ0n) is 15.0. The largest absolute Gasteiger partial charge is 0.381 e. The second-order valence-corrected chi connectivity index (χ2v) is 7.13. The standard InChI is InChI=1S/C18H31NO4/c1-13(2)7-10-23-11-8-15(20)6-5-9-19-17(21)12-16(14(3)4)18(19)22/h13-14,16H,5-12H2,1-4H3. The van der Waals surface area contributed by atoms with Crippen molar-refractivity contribution < 1.29 is 19.1 Å². The van der Waals surface area contributed by atoms with Gasteiger partial charge in [-0.25, -0.2) is 0 Å². The molecule has 1 aliphatic heterocycles. The van der Waals surface area contributed by atoms with Gasteiger partial charge in [-0.3, -0.25) is 19.3 Å². The molecule has 1 saturated heterocycles. The number of imide groups is 1. The first-order valence-corrected chi connectivity index (χ1v) is 8.76. The smallest absolute Gasteiger partial charge is 0.233 e. The summed E-state index contributed by atoms with van der Waals surface area (Å²) in [6, 6.07) is 0. The van der Waals surface area contributed by atoms with Crippen molar-refractivity contribution in [1.29, 1.82) is 0 Å². The van der Waals surface area contributed by atoms with Crippen LogP contribution in [-0.2, 0) is 19.1 Å². The zero-order chi connectivity index (χ0) is 17.4. The van der Waals surface area contributed by atoms with Crippen LogP contribution in [0.25, 0.3) is 0 Å². The Labute approximate surface area is 139 Å². The lowest BCUT2D eigenvalue weighted by molar-refractivity contribution is -0.140. The molecule has 0 aromatic rings. The molecule has 0 aromatic heterocycles. The fourth-order valence-corrected chi connectivity index (χ4v) is 2.63. The van der Waals surface area contributed by atoms with E-state index in [1.54, 1.807) is 0 Å². The van der Waals surface area contributed by atoms with Crippen molar-refractivity contribution in [1.82, 2.24) is 4.90 Å². The highest BCUT2D eigenvalue weighted by molar-refractivity contribution is 6.03. The van der Waals surface area contributed by atoms with Gasteiger partial charge in [0.25, 0.3) is 0 Å². The van der Waals surface area contributed by atoms with Crippen LogP contribution < -0.4 is 0 Å². The number of likely N-dealkylation sites (tertiary alicyclic amines) is 1. The maximum Gasteiger partial charge on any atom is 0.233 e. The van der Waals surface area contributed by atoms with Gasteiger partial charge in [0.05, 0.1) is 6.61 Å². The summed E-state index contributed by atoms with van der Waals surface area (Å²) in [5, 5.41) is 0. The predicted octanol–water partition coefficient (Wildman–Crippen LogP) is 2.82. The summed E-state index contributed by atoms with van der Waals surface area (Å²) in [5.41, 5.74) is 0. The Balaban J connectivity index is 2.17. The normalized spacial score (nSPS) is 18.5. The third kappa shape index (κ3) is 6.81. The number of Topliss-reactive ketones (excluding diaryl/α,β-unsaturated/α-hetero) is 1. The molecule has 5 nitrogen and oxygen atoms in total. The predicted molar refractivity (Wildman–Crippen MR) is 88.8 cm³/mol. The van der Waals surface area contributed by atoms with E-state index < -0.39 is 0 Å². The van der Waals surface area contributed by atoms with Crippen LogP contribution in [0.1, 0.15) is 59.8 Å². The molecule has 0 N–H and O–H groups in total. The van der Waals surface area contributed by atoms with E-state index in [1.807, 2.05) is 13.8 Å². The average molecular weight is 325 g/mol. The number of carbonyl (C=O) groups is 3. The number of hydrogen-bond acceptors (Lipinski definition) is 4. The first-order valence-electron chi connectivity index (χ1n) is 8.76. The summed E-state index contributed by atoms with van der Waals surface area (Å²) >= 11 is 0. The third-order valence-electron chi connectivity index (χ3n) is 4.29. The second-order valence-electron chi connectivity index (χ2n) is 7.13. The highest BCUT2D eigenvalue weighted by Gasteiger charge is 2.39. The summed E-state index contributed by atoms with van der Waals surface area (Å²) in [4.78, 5) is 37.1. The van der Waals surface area contributed by atoms with Crippen LogP contribution in [0.15, 0.2) is 0 Å². The number of amides is 2. The van der Waals surface area contributed by atoms with Gasteiger partial charge in [0.2, 0.25) is 11.8 Å². The zero-order valence-corrected chi connectivity index (χ0v) is 15.0. The average Bonchev–Trinajstić information content (AvgIpc) is 2.74. The van der Waals surface area contributed by atoms with Crippen molar-refractivity contribution in [3.8, 4) is 0 Å². The summed E-state index contributed by atoms with van der Waals surface area (Å²) in [6.45, 7) is 9.71. The number of rotatable bonds is 11. The van der Waals surface area contributed by atoms with Crippen LogP contribution in [0.5, 0.6) is 0 Å². The Morgan fingerprint density at radius 2 is 1.87 bits per heavy atom. The van der Waals surface area contributed by atoms with Gasteiger partial charge in [0.15, 0.2) is 0 Å². The van der Waals surface area contributed by atoms with Crippen molar-refractivity contribution in [2.24, 2.45) is 17.8 Å². The number of nitrogens with zero attached hydrogens (tertiary/aromatic N) is 1. The molecule has 5 heteroatoms. The first-order chi connectivity index (χ1) is 10.8. The molecule has 2 amide bonds. The molecular weight excluding hydrogens is 294 g/mol. The fourth-order valence-electron chi connectivity index (χ4n) is 2.63. The van der Waals surface area contributed by atoms with E-state index in [1.165, 1.54) is 4.90 Å². The molecule has 1 fully saturated rings. The molecule has 1 atom stereocenters. The Kier molecular flexibility index (Phi) is 8.45. The van der Waals surface area contributed by atoms with E-state index in [9.17, 15) is 14.4 Å². The maximum absolute atomic E-state index is 12.1. The van der Waals surface area contributed by atoms with Gasteiger partial charge in [-0.15, -0.1) is 0 Å². The van der Waals surface area contributed by atoms with Gasteiger partial charge in [-0.05, 0) is 24.7 Å². The molecule has 132 valence electrons. The van der Waals surface area contributed by atoms with Crippen LogP contribution in [0.4, 0.5) is 0 Å². The molecule has 1 aliphatic rings. The van der Waals surface area contributed by atoms with Crippen LogP contribution >= 0.6 is 0 Å². The lowest BCUT2D eigenvalue weighted by atomic mass is 9.94. The second kappa shape index (κ2) is 9.81. The van der Waals surface area contributed by atoms with Gasteiger partial charge in [0, 0.05) is 38.3 Å². The fraction of sp³-hybridized carbons (Fsp3) is 0.833. The molecule has 1 heterocycles. The minimum absolute atomic E-state index is 0.0746. The van der Waals surface area contributed by atoms with Crippen LogP contribution in [0.3, 0.4) is 0 Å². The lowest BCUT2D eigenvalue weighted by Crippen LogP contribution is -2.32. The molecule has 0 aromatic carbocycles. The van der Waals surface area contributed by atoms with Crippen molar-refractivity contribution in [3.05, 3.63) is 0 Å². The molecule has 23 heavy (non-hydrogen) atoms. The molecular formula is C18H31NO4. The molecule has 0 spiro atoms. The Morgan fingerprint density at radius 1 is 1.17 bits per heavy atom. The highest BCUT2D eigenvalue weighted by atomic mass is 16.5. The molecule has 0 radical (unpaired) electrons. The van der Waals surface area contributed by atoms with Gasteiger partial charge in [0.1, 0.15) is 5.78 Å². The topological polar surface area (TPSA) is 63.7 Å². The van der Waals surface area contributed by atoms with Crippen molar-refractivity contribution >= 4 is 17.6 Å². The minimum atomic E-state index is -0.187. The van der Waals surface area contributed by atoms with Gasteiger partial charge < -0.3 is 4.74 Å². The minimum Gasteiger partial charge on any atom is -0.381 e. The summed E-state index contributed by atoms with van der Waals surface area (Å²) < 4.78 is 5.43. The number of ketones is 1. The highest BCUT2D eigenvalue weighted by Crippen LogP contribution is 2.26. The lowest BCUT2D eigenvalue weighted by Gasteiger charge is -2.16. The third-order valence-corrected chi connectivity index (χ3v) is 4.29. The molecule has 1 unspecified atom stereocenters. The van der Waals surface area contributed by atoms with E-state index in [0.717, 1.165) is 6.42 Å². The van der Waals surface area contributed by atoms with E-state index >= 15 is 0 Å². The van der Waals surface area contributed by atoms with E-state index in [-0.39, 0.29) is 29.4 Å². The summed E-state index contributed by atoms with van der Waals surface area (Å²) in [6.07, 6.45) is 2.68. The quantitative estimate of drug-likeness (QED) is 0.433. The number of carbonyl (C=O) groups excluding carboxylic acids is 3. The van der Waals surface area contributed by atoms with Crippen molar-refractivity contribution in [2.45, 2.75) is 59.8 Å². The van der Waals surface area contributed by atoms with E-state index in [2.05, 4.69) is 13.8 Å². The number of hydrogen-bond donors (Lipinski definition) is 0. The monoisotopic (exact) mass is 325 g/mol. The molecule has 0 saturated carbocycles. The molecule has 0 aliphatic carbocycles. The Morgan fingerprint density at radius 3 is 2.43 bits per heavy atom. The number of ether oxygens (including phenoxy) is 1. The van der Waals surface area contributed by atoms with Crippen LogP contribution in [0.2, 0.25) is 0 Å².